The molecule has 1 aromatic carbocycles. The van der Waals surface area contributed by atoms with E-state index >= 15 is 0 Å². The molecule has 1 aromatic rings. The quantitative estimate of drug-likeness (QED) is 0.692. The molecule has 0 atom stereocenters. The lowest BCUT2D eigenvalue weighted by Crippen LogP contribution is -2.22. The highest BCUT2D eigenvalue weighted by atomic mass is 32.2. The average molecular weight is 374 g/mol. The van der Waals surface area contributed by atoms with Gasteiger partial charge in [-0.05, 0) is 37.0 Å². The number of sulfone groups is 1. The van der Waals surface area contributed by atoms with Gasteiger partial charge in [-0.15, -0.1) is 0 Å². The summed E-state index contributed by atoms with van der Waals surface area (Å²) in [5, 5.41) is 0. The molecule has 0 unspecified atom stereocenters. The number of hydrogen-bond acceptors (Lipinski definition) is 2. The maximum atomic E-state index is 13.0. The van der Waals surface area contributed by atoms with Gasteiger partial charge < -0.3 is 0 Å². The molecule has 2 rings (SSSR count). The topological polar surface area (TPSA) is 34.1 Å². The minimum Gasteiger partial charge on any atom is -0.224 e. The Hall–Kier alpha value is -1.25. The van der Waals surface area contributed by atoms with Gasteiger partial charge >= 0.3 is 12.4 Å². The van der Waals surface area contributed by atoms with Crippen LogP contribution < -0.4 is 0 Å². The van der Waals surface area contributed by atoms with E-state index in [0.29, 0.717) is 12.8 Å². The molecule has 0 amide bonds. The summed E-state index contributed by atoms with van der Waals surface area (Å²) in [4.78, 5) is -1.28. The number of benzene rings is 1. The standard InChI is InChI=1S/C15H16F6O2S/c16-14(17,18)11-6-7-12(15(19,20)21)13(8-11)24(22,23)9-10-4-2-1-3-5-10/h6-8,10H,1-5,9H2. The predicted octanol–water partition coefficient (Wildman–Crippen LogP) is 5.08. The molecular weight excluding hydrogens is 358 g/mol. The second-order valence-corrected chi connectivity index (χ2v) is 7.99. The van der Waals surface area contributed by atoms with Gasteiger partial charge in [0.15, 0.2) is 9.84 Å². The Morgan fingerprint density at radius 3 is 2.00 bits per heavy atom. The third-order valence-corrected chi connectivity index (χ3v) is 6.05. The van der Waals surface area contributed by atoms with Crippen LogP contribution in [-0.2, 0) is 22.2 Å². The highest BCUT2D eigenvalue weighted by Crippen LogP contribution is 2.39. The molecule has 0 spiro atoms. The monoisotopic (exact) mass is 374 g/mol. The molecule has 1 saturated carbocycles. The lowest BCUT2D eigenvalue weighted by Gasteiger charge is -2.22. The smallest absolute Gasteiger partial charge is 0.224 e. The van der Waals surface area contributed by atoms with Crippen molar-refractivity contribution in [3.8, 4) is 0 Å². The number of rotatable bonds is 3. The van der Waals surface area contributed by atoms with Crippen molar-refractivity contribution >= 4 is 9.84 Å². The normalized spacial score (nSPS) is 17.9. The lowest BCUT2D eigenvalue weighted by molar-refractivity contribution is -0.143. The maximum Gasteiger partial charge on any atom is 0.417 e. The molecular formula is C15H16F6O2S. The van der Waals surface area contributed by atoms with Crippen molar-refractivity contribution in [1.29, 1.82) is 0 Å². The fourth-order valence-electron chi connectivity index (χ4n) is 2.94. The Labute approximate surface area is 135 Å². The van der Waals surface area contributed by atoms with E-state index in [0.717, 1.165) is 19.3 Å². The highest BCUT2D eigenvalue weighted by molar-refractivity contribution is 7.91. The predicted molar refractivity (Wildman–Crippen MR) is 75.1 cm³/mol. The Bertz CT molecular complexity index is 685. The van der Waals surface area contributed by atoms with Gasteiger partial charge in [-0.1, -0.05) is 19.3 Å². The van der Waals surface area contributed by atoms with Crippen molar-refractivity contribution in [3.05, 3.63) is 29.3 Å². The van der Waals surface area contributed by atoms with Gasteiger partial charge in [0.2, 0.25) is 0 Å². The van der Waals surface area contributed by atoms with Crippen LogP contribution in [0.3, 0.4) is 0 Å². The third-order valence-electron chi connectivity index (χ3n) is 4.13. The summed E-state index contributed by atoms with van der Waals surface area (Å²) in [6.45, 7) is 0. The average Bonchev–Trinajstić information content (AvgIpc) is 2.45. The zero-order chi connectivity index (χ0) is 18.2. The molecule has 2 nitrogen and oxygen atoms in total. The highest BCUT2D eigenvalue weighted by Gasteiger charge is 2.40. The van der Waals surface area contributed by atoms with Crippen molar-refractivity contribution < 1.29 is 34.8 Å². The van der Waals surface area contributed by atoms with E-state index in [-0.39, 0.29) is 24.1 Å². The third kappa shape index (κ3) is 4.43. The number of halogens is 6. The summed E-state index contributed by atoms with van der Waals surface area (Å²) in [5.41, 5.74) is -2.95. The Morgan fingerprint density at radius 1 is 0.917 bits per heavy atom. The summed E-state index contributed by atoms with van der Waals surface area (Å²) in [5.74, 6) is -0.878. The fourth-order valence-corrected chi connectivity index (χ4v) is 4.90. The van der Waals surface area contributed by atoms with Crippen LogP contribution in [0.5, 0.6) is 0 Å². The fraction of sp³-hybridized carbons (Fsp3) is 0.600. The minimum absolute atomic E-state index is 0.0982. The molecule has 0 saturated heterocycles. The van der Waals surface area contributed by atoms with Crippen LogP contribution >= 0.6 is 0 Å². The van der Waals surface area contributed by atoms with Crippen molar-refractivity contribution in [2.24, 2.45) is 5.92 Å². The van der Waals surface area contributed by atoms with Gasteiger partial charge in [0.25, 0.3) is 0 Å². The SMILES string of the molecule is O=S(=O)(CC1CCCCC1)c1cc(C(F)(F)F)ccc1C(F)(F)F. The Balaban J connectivity index is 2.48. The minimum atomic E-state index is -5.04. The summed E-state index contributed by atoms with van der Waals surface area (Å²) in [6.07, 6.45) is -6.38. The van der Waals surface area contributed by atoms with Crippen molar-refractivity contribution in [2.45, 2.75) is 49.4 Å². The van der Waals surface area contributed by atoms with Crippen LogP contribution in [0, 0.1) is 5.92 Å². The van der Waals surface area contributed by atoms with Crippen molar-refractivity contribution in [1.82, 2.24) is 0 Å². The van der Waals surface area contributed by atoms with Gasteiger partial charge in [-0.25, -0.2) is 8.42 Å². The van der Waals surface area contributed by atoms with E-state index in [4.69, 9.17) is 0 Å². The molecule has 0 heterocycles. The molecule has 1 aliphatic carbocycles. The van der Waals surface area contributed by atoms with E-state index in [9.17, 15) is 34.8 Å². The molecule has 0 N–H and O–H groups in total. The van der Waals surface area contributed by atoms with Crippen LogP contribution in [0.2, 0.25) is 0 Å². The van der Waals surface area contributed by atoms with Gasteiger partial charge in [-0.2, -0.15) is 26.3 Å². The second-order valence-electron chi connectivity index (χ2n) is 5.99. The first-order valence-corrected chi connectivity index (χ1v) is 9.08. The van der Waals surface area contributed by atoms with Crippen molar-refractivity contribution in [3.63, 3.8) is 0 Å². The van der Waals surface area contributed by atoms with Crippen LogP contribution in [0.25, 0.3) is 0 Å². The summed E-state index contributed by atoms with van der Waals surface area (Å²) >= 11 is 0. The van der Waals surface area contributed by atoms with Gasteiger partial charge in [0.1, 0.15) is 0 Å². The molecule has 9 heteroatoms. The first-order valence-electron chi connectivity index (χ1n) is 7.42. The van der Waals surface area contributed by atoms with Crippen LogP contribution in [-0.4, -0.2) is 14.2 Å². The first kappa shape index (κ1) is 19.1. The Kier molecular flexibility index (Phi) is 5.22. The molecule has 0 aromatic heterocycles. The van der Waals surface area contributed by atoms with Gasteiger partial charge in [-0.3, -0.25) is 0 Å². The molecule has 0 bridgehead atoms. The van der Waals surface area contributed by atoms with E-state index < -0.39 is 44.0 Å². The van der Waals surface area contributed by atoms with E-state index in [1.54, 1.807) is 0 Å². The van der Waals surface area contributed by atoms with E-state index in [1.807, 2.05) is 0 Å². The zero-order valence-electron chi connectivity index (χ0n) is 12.5. The van der Waals surface area contributed by atoms with Crippen LogP contribution in [0.4, 0.5) is 26.3 Å². The Morgan fingerprint density at radius 2 is 1.50 bits per heavy atom. The molecule has 136 valence electrons. The van der Waals surface area contributed by atoms with Crippen LogP contribution in [0.15, 0.2) is 23.1 Å². The van der Waals surface area contributed by atoms with Gasteiger partial charge in [0.05, 0.1) is 21.8 Å². The van der Waals surface area contributed by atoms with Crippen LogP contribution in [0.1, 0.15) is 43.2 Å². The van der Waals surface area contributed by atoms with Gasteiger partial charge in [0, 0.05) is 0 Å². The number of hydrogen-bond donors (Lipinski definition) is 0. The second kappa shape index (κ2) is 6.57. The van der Waals surface area contributed by atoms with E-state index in [1.165, 1.54) is 0 Å². The summed E-state index contributed by atoms with van der Waals surface area (Å²) in [7, 11) is -4.48. The molecule has 1 fully saturated rings. The zero-order valence-corrected chi connectivity index (χ0v) is 13.4. The largest absolute Gasteiger partial charge is 0.417 e. The number of alkyl halides is 6. The van der Waals surface area contributed by atoms with Crippen molar-refractivity contribution in [2.75, 3.05) is 5.75 Å². The first-order chi connectivity index (χ1) is 10.9. The molecule has 0 radical (unpaired) electrons. The molecule has 24 heavy (non-hydrogen) atoms. The summed E-state index contributed by atoms with van der Waals surface area (Å²) < 4.78 is 102. The lowest BCUT2D eigenvalue weighted by atomic mass is 9.91. The summed E-state index contributed by atoms with van der Waals surface area (Å²) in [6, 6.07) is 0.542. The molecule has 0 aliphatic heterocycles. The maximum absolute atomic E-state index is 13.0. The molecule has 1 aliphatic rings. The van der Waals surface area contributed by atoms with E-state index in [2.05, 4.69) is 0 Å².